The first-order valence-electron chi connectivity index (χ1n) is 15.6. The van der Waals surface area contributed by atoms with Gasteiger partial charge in [0.05, 0.1) is 30.0 Å². The van der Waals surface area contributed by atoms with E-state index in [2.05, 4.69) is 31.5 Å². The van der Waals surface area contributed by atoms with Crippen LogP contribution in [-0.2, 0) is 27.1 Å². The van der Waals surface area contributed by atoms with E-state index in [9.17, 15) is 18.0 Å². The van der Waals surface area contributed by atoms with Gasteiger partial charge in [0.1, 0.15) is 22.8 Å². The quantitative estimate of drug-likeness (QED) is 0.115. The molecule has 2 atom stereocenters. The van der Waals surface area contributed by atoms with E-state index in [0.717, 1.165) is 49.1 Å². The number of allylic oxidation sites excluding steroid dienone is 3. The van der Waals surface area contributed by atoms with Crippen LogP contribution in [0.2, 0.25) is 0 Å². The fourth-order valence-corrected chi connectivity index (χ4v) is 6.32. The second-order valence-corrected chi connectivity index (χ2v) is 12.7. The van der Waals surface area contributed by atoms with E-state index >= 15 is 4.39 Å². The second-order valence-electron chi connectivity index (χ2n) is 12.7. The van der Waals surface area contributed by atoms with Crippen LogP contribution in [0.25, 0.3) is 22.3 Å². The molecule has 1 saturated carbocycles. The SMILES string of the molecule is C=C(/C=C(\OC)C1(C(F)(F)F)CC1)CC(=O)Cc1ccc(-c2cnc3cc(CCCC4CCOC[C@H]4C)c(C)cc3n2)cc1F. The number of ether oxygens (including phenoxy) is 2. The van der Waals surface area contributed by atoms with Crippen LogP contribution in [0.3, 0.4) is 0 Å². The molecule has 0 spiro atoms. The number of hydrogen-bond acceptors (Lipinski definition) is 5. The fourth-order valence-electron chi connectivity index (χ4n) is 6.32. The molecular weight excluding hydrogens is 584 g/mol. The van der Waals surface area contributed by atoms with E-state index < -0.39 is 17.4 Å². The Labute approximate surface area is 261 Å². The highest BCUT2D eigenvalue weighted by molar-refractivity contribution is 5.84. The first-order valence-corrected chi connectivity index (χ1v) is 15.6. The van der Waals surface area contributed by atoms with E-state index in [0.29, 0.717) is 23.1 Å². The summed E-state index contributed by atoms with van der Waals surface area (Å²) in [6.45, 7) is 9.79. The minimum atomic E-state index is -4.44. The number of halogens is 4. The van der Waals surface area contributed by atoms with E-state index in [-0.39, 0.29) is 48.4 Å². The topological polar surface area (TPSA) is 61.3 Å². The number of aryl methyl sites for hydroxylation is 2. The molecule has 45 heavy (non-hydrogen) atoms. The number of carbonyl (C=O) groups is 1. The molecule has 2 heterocycles. The predicted octanol–water partition coefficient (Wildman–Crippen LogP) is 8.67. The summed E-state index contributed by atoms with van der Waals surface area (Å²) in [4.78, 5) is 22.0. The Kier molecular flexibility index (Phi) is 9.77. The van der Waals surface area contributed by atoms with Crippen LogP contribution in [0.4, 0.5) is 17.6 Å². The van der Waals surface area contributed by atoms with Gasteiger partial charge in [0.25, 0.3) is 0 Å². The summed E-state index contributed by atoms with van der Waals surface area (Å²) in [5.74, 6) is 0.127. The standard InChI is InChI=1S/C36H40F4N2O3/c1-22(15-34(44-4)35(11-12-35)36(38,39)40)14-29(43)17-27-8-9-28(18-30(27)37)33-20-41-31-19-26(23(2)16-32(31)42-33)7-5-6-25-10-13-45-21-24(25)3/h8-9,15-16,18-20,24-25H,1,5-7,10-14,17,21H2,2-4H3/b34-15-/t24-,25?/m1/s1. The molecule has 2 fully saturated rings. The van der Waals surface area contributed by atoms with Crippen LogP contribution >= 0.6 is 0 Å². The van der Waals surface area contributed by atoms with E-state index in [4.69, 9.17) is 14.5 Å². The molecule has 240 valence electrons. The number of benzene rings is 2. The Bertz CT molecular complexity index is 1610. The van der Waals surface area contributed by atoms with Crippen LogP contribution in [-0.4, -0.2) is 42.3 Å². The number of aromatic nitrogens is 2. The zero-order valence-electron chi connectivity index (χ0n) is 26.1. The molecule has 5 rings (SSSR count). The van der Waals surface area contributed by atoms with Crippen molar-refractivity contribution in [2.24, 2.45) is 17.3 Å². The Hall–Kier alpha value is -3.59. The number of fused-ring (bicyclic) bond motifs is 1. The molecule has 0 N–H and O–H groups in total. The van der Waals surface area contributed by atoms with Gasteiger partial charge >= 0.3 is 6.18 Å². The van der Waals surface area contributed by atoms with Crippen molar-refractivity contribution in [2.75, 3.05) is 20.3 Å². The summed E-state index contributed by atoms with van der Waals surface area (Å²) >= 11 is 0. The highest BCUT2D eigenvalue weighted by atomic mass is 19.4. The van der Waals surface area contributed by atoms with Crippen molar-refractivity contribution >= 4 is 16.8 Å². The van der Waals surface area contributed by atoms with Crippen molar-refractivity contribution in [3.05, 3.63) is 83.0 Å². The molecule has 9 heteroatoms. The smallest absolute Gasteiger partial charge is 0.401 e. The third-order valence-electron chi connectivity index (χ3n) is 9.32. The maximum atomic E-state index is 15.1. The number of methoxy groups -OCH3 is 1. The Morgan fingerprint density at radius 3 is 2.62 bits per heavy atom. The summed E-state index contributed by atoms with van der Waals surface area (Å²) in [7, 11) is 1.18. The zero-order valence-corrected chi connectivity index (χ0v) is 26.1. The monoisotopic (exact) mass is 624 g/mol. The second kappa shape index (κ2) is 13.4. The normalized spacial score (nSPS) is 19.8. The lowest BCUT2D eigenvalue weighted by Crippen LogP contribution is -2.27. The summed E-state index contributed by atoms with van der Waals surface area (Å²) in [5, 5.41) is 0. The van der Waals surface area contributed by atoms with Crippen molar-refractivity contribution in [3.63, 3.8) is 0 Å². The van der Waals surface area contributed by atoms with Gasteiger partial charge in [0.2, 0.25) is 0 Å². The number of alkyl halides is 3. The van der Waals surface area contributed by atoms with Crippen LogP contribution in [0.1, 0.15) is 62.1 Å². The maximum absolute atomic E-state index is 15.1. The average molecular weight is 625 g/mol. The molecule has 1 aromatic heterocycles. The van der Waals surface area contributed by atoms with Gasteiger partial charge in [-0.15, -0.1) is 0 Å². The molecular formula is C36H40F4N2O3. The third kappa shape index (κ3) is 7.46. The number of carbonyl (C=O) groups excluding carboxylic acids is 1. The van der Waals surface area contributed by atoms with Gasteiger partial charge in [-0.1, -0.05) is 25.6 Å². The lowest BCUT2D eigenvalue weighted by molar-refractivity contribution is -0.184. The molecule has 1 saturated heterocycles. The third-order valence-corrected chi connectivity index (χ3v) is 9.32. The molecule has 1 aliphatic heterocycles. The van der Waals surface area contributed by atoms with Crippen LogP contribution in [0.15, 0.2) is 60.5 Å². The number of nitrogens with zero attached hydrogens (tertiary/aromatic N) is 2. The van der Waals surface area contributed by atoms with E-state index in [1.54, 1.807) is 12.3 Å². The molecule has 2 aromatic carbocycles. The molecule has 0 bridgehead atoms. The number of Topliss-reactive ketones (excluding diaryl/α,β-unsaturated/α-hetero) is 1. The fraction of sp³-hybridized carbons (Fsp3) is 0.472. The molecule has 1 aliphatic carbocycles. The molecule has 5 nitrogen and oxygen atoms in total. The minimum absolute atomic E-state index is 0.0618. The lowest BCUT2D eigenvalue weighted by Gasteiger charge is -2.28. The van der Waals surface area contributed by atoms with Gasteiger partial charge in [-0.3, -0.25) is 9.78 Å². The Morgan fingerprint density at radius 2 is 1.96 bits per heavy atom. The first-order chi connectivity index (χ1) is 21.4. The Balaban J connectivity index is 1.21. The van der Waals surface area contributed by atoms with Crippen molar-refractivity contribution in [1.82, 2.24) is 9.97 Å². The van der Waals surface area contributed by atoms with Gasteiger partial charge in [-0.2, -0.15) is 13.2 Å². The molecule has 0 amide bonds. The summed E-state index contributed by atoms with van der Waals surface area (Å²) < 4.78 is 66.1. The van der Waals surface area contributed by atoms with Gasteiger partial charge in [-0.05, 0) is 104 Å². The number of rotatable bonds is 12. The number of ketones is 1. The Morgan fingerprint density at radius 1 is 1.18 bits per heavy atom. The summed E-state index contributed by atoms with van der Waals surface area (Å²) in [6, 6.07) is 8.67. The molecule has 3 aromatic rings. The highest BCUT2D eigenvalue weighted by Crippen LogP contribution is 2.62. The number of hydrogen-bond donors (Lipinski definition) is 0. The van der Waals surface area contributed by atoms with Gasteiger partial charge in [-0.25, -0.2) is 9.37 Å². The van der Waals surface area contributed by atoms with Gasteiger partial charge in [0, 0.05) is 31.6 Å². The van der Waals surface area contributed by atoms with Gasteiger partial charge in [0.15, 0.2) is 0 Å². The molecule has 2 aliphatic rings. The summed E-state index contributed by atoms with van der Waals surface area (Å²) in [6.07, 6.45) is 2.22. The van der Waals surface area contributed by atoms with E-state index in [1.807, 2.05) is 6.07 Å². The van der Waals surface area contributed by atoms with Crippen molar-refractivity contribution in [2.45, 2.75) is 71.4 Å². The van der Waals surface area contributed by atoms with E-state index in [1.165, 1.54) is 37.3 Å². The van der Waals surface area contributed by atoms with Gasteiger partial charge < -0.3 is 9.47 Å². The molecule has 0 radical (unpaired) electrons. The van der Waals surface area contributed by atoms with Crippen molar-refractivity contribution in [3.8, 4) is 11.3 Å². The first kappa shape index (κ1) is 32.8. The van der Waals surface area contributed by atoms with Crippen LogP contribution in [0, 0.1) is 30.0 Å². The van der Waals surface area contributed by atoms with Crippen LogP contribution in [0.5, 0.6) is 0 Å². The van der Waals surface area contributed by atoms with Crippen molar-refractivity contribution in [1.29, 1.82) is 0 Å². The minimum Gasteiger partial charge on any atom is -0.500 e. The van der Waals surface area contributed by atoms with Crippen LogP contribution < -0.4 is 0 Å². The summed E-state index contributed by atoms with van der Waals surface area (Å²) in [5.41, 5.74) is 3.33. The largest absolute Gasteiger partial charge is 0.500 e. The lowest BCUT2D eigenvalue weighted by atomic mass is 9.85. The van der Waals surface area contributed by atoms with Crippen molar-refractivity contribution < 1.29 is 31.8 Å². The maximum Gasteiger partial charge on any atom is 0.401 e. The zero-order chi connectivity index (χ0) is 32.4. The predicted molar refractivity (Wildman–Crippen MR) is 166 cm³/mol. The molecule has 1 unspecified atom stereocenters. The highest BCUT2D eigenvalue weighted by Gasteiger charge is 2.66. The average Bonchev–Trinajstić information content (AvgIpc) is 3.80.